The molecular formula is C10H14FN3O3. The van der Waals surface area contributed by atoms with E-state index in [2.05, 4.69) is 4.98 Å². The number of anilines is 1. The Hall–Kier alpha value is -1.47. The molecule has 0 amide bonds. The molecule has 2 unspecified atom stereocenters. The lowest BCUT2D eigenvalue weighted by Crippen LogP contribution is -2.31. The molecule has 0 aliphatic carbocycles. The standard InChI is InChI=1S/C10H14FN3O3/c1-5(15)7-4-6(11)9(17-7)14-3-2-8(12)13-10(14)16/h2-3,5-7,9,15H,4H2,1H3,(H2,12,13,16)/t5?,6-,7?,9+/m0/s1. The smallest absolute Gasteiger partial charge is 0.351 e. The van der Waals surface area contributed by atoms with Crippen LogP contribution >= 0.6 is 0 Å². The molecule has 0 saturated carbocycles. The zero-order valence-electron chi connectivity index (χ0n) is 9.28. The van der Waals surface area contributed by atoms with Gasteiger partial charge in [0.2, 0.25) is 0 Å². The Morgan fingerprint density at radius 1 is 1.76 bits per heavy atom. The summed E-state index contributed by atoms with van der Waals surface area (Å²) >= 11 is 0. The van der Waals surface area contributed by atoms with E-state index in [0.29, 0.717) is 0 Å². The second kappa shape index (κ2) is 4.42. The summed E-state index contributed by atoms with van der Waals surface area (Å²) < 4.78 is 20.1. The fraction of sp³-hybridized carbons (Fsp3) is 0.600. The number of ether oxygens (including phenoxy) is 1. The van der Waals surface area contributed by atoms with Gasteiger partial charge in [-0.3, -0.25) is 4.57 Å². The van der Waals surface area contributed by atoms with Crippen molar-refractivity contribution < 1.29 is 14.2 Å². The van der Waals surface area contributed by atoms with Crippen molar-refractivity contribution in [3.05, 3.63) is 22.7 Å². The molecule has 1 aromatic heterocycles. The topological polar surface area (TPSA) is 90.4 Å². The van der Waals surface area contributed by atoms with Crippen molar-refractivity contribution in [2.45, 2.75) is 38.0 Å². The Bertz CT molecular complexity index is 462. The number of nitrogens with two attached hydrogens (primary N) is 1. The minimum atomic E-state index is -1.35. The van der Waals surface area contributed by atoms with Gasteiger partial charge in [0.15, 0.2) is 6.23 Å². The van der Waals surface area contributed by atoms with Gasteiger partial charge in [-0.2, -0.15) is 4.98 Å². The van der Waals surface area contributed by atoms with Crippen molar-refractivity contribution in [2.75, 3.05) is 5.73 Å². The number of aromatic nitrogens is 2. The molecule has 0 aromatic carbocycles. The summed E-state index contributed by atoms with van der Waals surface area (Å²) in [6, 6.07) is 1.40. The molecule has 7 heteroatoms. The minimum Gasteiger partial charge on any atom is -0.391 e. The first-order chi connectivity index (χ1) is 7.99. The summed E-state index contributed by atoms with van der Waals surface area (Å²) in [5.74, 6) is 0.0757. The second-order valence-electron chi connectivity index (χ2n) is 4.10. The first-order valence-corrected chi connectivity index (χ1v) is 5.31. The van der Waals surface area contributed by atoms with E-state index in [1.54, 1.807) is 0 Å². The lowest BCUT2D eigenvalue weighted by Gasteiger charge is -2.17. The Kier molecular flexibility index (Phi) is 3.12. The molecule has 6 nitrogen and oxygen atoms in total. The third kappa shape index (κ3) is 2.29. The van der Waals surface area contributed by atoms with E-state index >= 15 is 0 Å². The third-order valence-electron chi connectivity index (χ3n) is 2.74. The summed E-state index contributed by atoms with van der Waals surface area (Å²) in [6.07, 6.45) is -2.39. The summed E-state index contributed by atoms with van der Waals surface area (Å²) in [4.78, 5) is 15.0. The number of hydrogen-bond donors (Lipinski definition) is 2. The average Bonchev–Trinajstić information content (AvgIpc) is 2.61. The molecule has 2 heterocycles. The highest BCUT2D eigenvalue weighted by molar-refractivity contribution is 5.23. The van der Waals surface area contributed by atoms with Gasteiger partial charge in [-0.15, -0.1) is 0 Å². The number of aliphatic hydroxyl groups is 1. The van der Waals surface area contributed by atoms with E-state index in [1.165, 1.54) is 19.2 Å². The molecule has 0 spiro atoms. The number of alkyl halides is 1. The van der Waals surface area contributed by atoms with Gasteiger partial charge >= 0.3 is 5.69 Å². The van der Waals surface area contributed by atoms with Crippen LogP contribution in [-0.4, -0.2) is 33.0 Å². The lowest BCUT2D eigenvalue weighted by atomic mass is 10.1. The van der Waals surface area contributed by atoms with Gasteiger partial charge in [-0.1, -0.05) is 0 Å². The van der Waals surface area contributed by atoms with Crippen LogP contribution in [0.4, 0.5) is 10.2 Å². The SMILES string of the molecule is CC(O)C1C[C@H](F)[C@H](n2ccc(N)nc2=O)O1. The molecule has 17 heavy (non-hydrogen) atoms. The molecule has 2 rings (SSSR count). The van der Waals surface area contributed by atoms with Crippen LogP contribution in [-0.2, 0) is 4.74 Å². The Labute approximate surface area is 96.8 Å². The van der Waals surface area contributed by atoms with E-state index in [1.807, 2.05) is 0 Å². The minimum absolute atomic E-state index is 0.0547. The summed E-state index contributed by atoms with van der Waals surface area (Å²) in [5.41, 5.74) is 4.67. The van der Waals surface area contributed by atoms with E-state index in [9.17, 15) is 14.3 Å². The zero-order valence-corrected chi connectivity index (χ0v) is 9.28. The van der Waals surface area contributed by atoms with E-state index < -0.39 is 30.3 Å². The highest BCUT2D eigenvalue weighted by Gasteiger charge is 2.39. The molecular weight excluding hydrogens is 229 g/mol. The van der Waals surface area contributed by atoms with Gasteiger partial charge in [-0.05, 0) is 13.0 Å². The van der Waals surface area contributed by atoms with Gasteiger partial charge < -0.3 is 15.6 Å². The van der Waals surface area contributed by atoms with Crippen LogP contribution in [0.3, 0.4) is 0 Å². The summed E-state index contributed by atoms with van der Waals surface area (Å²) in [5, 5.41) is 9.33. The molecule has 0 radical (unpaired) electrons. The Morgan fingerprint density at radius 3 is 3.00 bits per heavy atom. The second-order valence-corrected chi connectivity index (χ2v) is 4.10. The lowest BCUT2D eigenvalue weighted by molar-refractivity contribution is -0.0641. The van der Waals surface area contributed by atoms with Crippen molar-refractivity contribution in [1.82, 2.24) is 9.55 Å². The van der Waals surface area contributed by atoms with Gasteiger partial charge in [-0.25, -0.2) is 9.18 Å². The number of aliphatic hydroxyl groups excluding tert-OH is 1. The van der Waals surface area contributed by atoms with Crippen LogP contribution in [0.25, 0.3) is 0 Å². The zero-order chi connectivity index (χ0) is 12.6. The molecule has 94 valence electrons. The Balaban J connectivity index is 2.26. The number of hydrogen-bond acceptors (Lipinski definition) is 5. The molecule has 0 bridgehead atoms. The van der Waals surface area contributed by atoms with Crippen LogP contribution in [0.2, 0.25) is 0 Å². The molecule has 1 saturated heterocycles. The molecule has 3 N–H and O–H groups in total. The predicted octanol–water partition coefficient (Wildman–Crippen LogP) is -0.168. The third-order valence-corrected chi connectivity index (χ3v) is 2.74. The largest absolute Gasteiger partial charge is 0.391 e. The maximum absolute atomic E-state index is 13.7. The quantitative estimate of drug-likeness (QED) is 0.752. The van der Waals surface area contributed by atoms with Crippen molar-refractivity contribution in [2.24, 2.45) is 0 Å². The molecule has 4 atom stereocenters. The van der Waals surface area contributed by atoms with Crippen LogP contribution in [0.5, 0.6) is 0 Å². The maximum Gasteiger partial charge on any atom is 0.351 e. The predicted molar refractivity (Wildman–Crippen MR) is 58.0 cm³/mol. The van der Waals surface area contributed by atoms with Crippen molar-refractivity contribution in [3.63, 3.8) is 0 Å². The first-order valence-electron chi connectivity index (χ1n) is 5.31. The van der Waals surface area contributed by atoms with Crippen LogP contribution < -0.4 is 11.4 Å². The average molecular weight is 243 g/mol. The normalized spacial score (nSPS) is 30.4. The summed E-state index contributed by atoms with van der Waals surface area (Å²) in [6.45, 7) is 1.52. The summed E-state index contributed by atoms with van der Waals surface area (Å²) in [7, 11) is 0. The van der Waals surface area contributed by atoms with Crippen LogP contribution in [0, 0.1) is 0 Å². The first kappa shape index (κ1) is 12.0. The number of nitrogens with zero attached hydrogens (tertiary/aromatic N) is 2. The van der Waals surface area contributed by atoms with Gasteiger partial charge in [0, 0.05) is 12.6 Å². The molecule has 1 aliphatic heterocycles. The molecule has 1 aliphatic rings. The van der Waals surface area contributed by atoms with Gasteiger partial charge in [0.05, 0.1) is 12.2 Å². The highest BCUT2D eigenvalue weighted by atomic mass is 19.1. The number of halogens is 1. The van der Waals surface area contributed by atoms with Crippen molar-refractivity contribution in [3.8, 4) is 0 Å². The number of nitrogen functional groups attached to an aromatic ring is 1. The van der Waals surface area contributed by atoms with Gasteiger partial charge in [0.25, 0.3) is 0 Å². The van der Waals surface area contributed by atoms with E-state index in [0.717, 1.165) is 4.57 Å². The van der Waals surface area contributed by atoms with Gasteiger partial charge in [0.1, 0.15) is 12.0 Å². The Morgan fingerprint density at radius 2 is 2.47 bits per heavy atom. The monoisotopic (exact) mass is 243 g/mol. The fourth-order valence-corrected chi connectivity index (χ4v) is 1.83. The van der Waals surface area contributed by atoms with E-state index in [-0.39, 0.29) is 12.2 Å². The maximum atomic E-state index is 13.7. The highest BCUT2D eigenvalue weighted by Crippen LogP contribution is 2.31. The molecule has 1 aromatic rings. The van der Waals surface area contributed by atoms with Crippen molar-refractivity contribution >= 4 is 5.82 Å². The fourth-order valence-electron chi connectivity index (χ4n) is 1.83. The van der Waals surface area contributed by atoms with Crippen molar-refractivity contribution in [1.29, 1.82) is 0 Å². The van der Waals surface area contributed by atoms with Crippen LogP contribution in [0.1, 0.15) is 19.6 Å². The molecule has 1 fully saturated rings. The number of rotatable bonds is 2. The van der Waals surface area contributed by atoms with E-state index in [4.69, 9.17) is 10.5 Å². The van der Waals surface area contributed by atoms with Crippen LogP contribution in [0.15, 0.2) is 17.1 Å².